The first-order chi connectivity index (χ1) is 9.74. The van der Waals surface area contributed by atoms with Gasteiger partial charge in [-0.1, -0.05) is 0 Å². The van der Waals surface area contributed by atoms with E-state index in [0.717, 1.165) is 0 Å². The number of carbonyl (C=O) groups excluding carboxylic acids is 3. The molecule has 0 saturated carbocycles. The molecule has 1 atom stereocenters. The topological polar surface area (TPSA) is 94.6 Å². The Kier molecular flexibility index (Phi) is 3.99. The number of hydrogen-bond donors (Lipinski definition) is 1. The lowest BCUT2D eigenvalue weighted by Gasteiger charge is -2.23. The number of methoxy groups -OCH3 is 1. The average molecular weight is 312 g/mol. The van der Waals surface area contributed by atoms with E-state index in [1.54, 1.807) is 20.8 Å². The molecule has 1 N–H and O–H groups in total. The van der Waals surface area contributed by atoms with E-state index in [9.17, 15) is 14.4 Å². The first kappa shape index (κ1) is 15.4. The maximum atomic E-state index is 12.2. The van der Waals surface area contributed by atoms with Gasteiger partial charge in [-0.3, -0.25) is 9.59 Å². The smallest absolute Gasteiger partial charge is 0.357 e. The van der Waals surface area contributed by atoms with Gasteiger partial charge in [0.05, 0.1) is 19.4 Å². The zero-order valence-corrected chi connectivity index (χ0v) is 13.0. The summed E-state index contributed by atoms with van der Waals surface area (Å²) in [5.74, 6) is -1.89. The van der Waals surface area contributed by atoms with E-state index in [4.69, 9.17) is 4.74 Å². The van der Waals surface area contributed by atoms with E-state index >= 15 is 0 Å². The molecule has 114 valence electrons. The zero-order chi connectivity index (χ0) is 15.8. The Labute approximate surface area is 125 Å². The molecule has 2 heterocycles. The molecule has 1 amide bonds. The van der Waals surface area contributed by atoms with Crippen molar-refractivity contribution in [3.05, 3.63) is 10.6 Å². The van der Waals surface area contributed by atoms with Crippen molar-refractivity contribution in [2.45, 2.75) is 32.8 Å². The van der Waals surface area contributed by atoms with E-state index in [1.165, 1.54) is 18.4 Å². The lowest BCUT2D eigenvalue weighted by molar-refractivity contribution is -0.147. The molecule has 21 heavy (non-hydrogen) atoms. The Balaban J connectivity index is 2.14. The number of esters is 2. The highest BCUT2D eigenvalue weighted by Gasteiger charge is 2.46. The van der Waals surface area contributed by atoms with Gasteiger partial charge < -0.3 is 14.8 Å². The molecule has 0 unspecified atom stereocenters. The van der Waals surface area contributed by atoms with Crippen LogP contribution < -0.4 is 5.32 Å². The number of nitrogens with one attached hydrogen (secondary N) is 1. The second kappa shape index (κ2) is 5.44. The molecule has 1 aromatic heterocycles. The predicted molar refractivity (Wildman–Crippen MR) is 75.1 cm³/mol. The molecule has 0 bridgehead atoms. The highest BCUT2D eigenvalue weighted by Crippen LogP contribution is 2.33. The second-order valence-electron chi connectivity index (χ2n) is 5.24. The monoisotopic (exact) mass is 312 g/mol. The zero-order valence-electron chi connectivity index (χ0n) is 12.2. The van der Waals surface area contributed by atoms with Crippen LogP contribution in [-0.4, -0.2) is 35.5 Å². The van der Waals surface area contributed by atoms with Crippen molar-refractivity contribution < 1.29 is 23.9 Å². The standard InChI is InChI=1S/C13H16N2O5S/c1-6-9(11(18)19-4)14-12(21-6)15-10(17)7-5-8(16)20-13(7,2)3/h7H,5H2,1-4H3,(H,14,15,17)/t7-/m0/s1. The highest BCUT2D eigenvalue weighted by atomic mass is 32.1. The number of rotatable bonds is 3. The van der Waals surface area contributed by atoms with Crippen molar-refractivity contribution in [3.63, 3.8) is 0 Å². The summed E-state index contributed by atoms with van der Waals surface area (Å²) >= 11 is 1.18. The third-order valence-electron chi connectivity index (χ3n) is 3.31. The fraction of sp³-hybridized carbons (Fsp3) is 0.538. The summed E-state index contributed by atoms with van der Waals surface area (Å²) in [6.07, 6.45) is 0.0348. The number of thiazole rings is 1. The number of hydrogen-bond acceptors (Lipinski definition) is 7. The molecule has 7 nitrogen and oxygen atoms in total. The summed E-state index contributed by atoms with van der Waals surface area (Å²) in [7, 11) is 1.27. The fourth-order valence-electron chi connectivity index (χ4n) is 2.16. The quantitative estimate of drug-likeness (QED) is 0.850. The maximum absolute atomic E-state index is 12.2. The number of carbonyl (C=O) groups is 3. The van der Waals surface area contributed by atoms with Gasteiger partial charge >= 0.3 is 11.9 Å². The molecule has 1 saturated heterocycles. The first-order valence-electron chi connectivity index (χ1n) is 6.33. The number of amides is 1. The van der Waals surface area contributed by atoms with Gasteiger partial charge in [-0.15, -0.1) is 11.3 Å². The van der Waals surface area contributed by atoms with Gasteiger partial charge in [0, 0.05) is 4.88 Å². The van der Waals surface area contributed by atoms with E-state index < -0.39 is 23.5 Å². The number of anilines is 1. The van der Waals surface area contributed by atoms with Crippen LogP contribution in [0.25, 0.3) is 0 Å². The van der Waals surface area contributed by atoms with Crippen LogP contribution >= 0.6 is 11.3 Å². The Bertz CT molecular complexity index is 608. The summed E-state index contributed by atoms with van der Waals surface area (Å²) in [4.78, 5) is 39.8. The lowest BCUT2D eigenvalue weighted by atomic mass is 9.90. The van der Waals surface area contributed by atoms with Crippen LogP contribution in [0.15, 0.2) is 0 Å². The van der Waals surface area contributed by atoms with E-state index in [0.29, 0.717) is 10.0 Å². The minimum Gasteiger partial charge on any atom is -0.464 e. The molecular weight excluding hydrogens is 296 g/mol. The predicted octanol–water partition coefficient (Wildman–Crippen LogP) is 1.52. The summed E-state index contributed by atoms with van der Waals surface area (Å²) in [6, 6.07) is 0. The molecule has 0 spiro atoms. The summed E-state index contributed by atoms with van der Waals surface area (Å²) < 4.78 is 9.72. The number of nitrogens with zero attached hydrogens (tertiary/aromatic N) is 1. The van der Waals surface area contributed by atoms with E-state index in [-0.39, 0.29) is 18.0 Å². The van der Waals surface area contributed by atoms with Crippen molar-refractivity contribution in [1.82, 2.24) is 4.98 Å². The lowest BCUT2D eigenvalue weighted by Crippen LogP contribution is -2.36. The number of ether oxygens (including phenoxy) is 2. The minimum absolute atomic E-state index is 0.0348. The van der Waals surface area contributed by atoms with Crippen molar-refractivity contribution in [2.75, 3.05) is 12.4 Å². The van der Waals surface area contributed by atoms with Crippen LogP contribution in [0.3, 0.4) is 0 Å². The van der Waals surface area contributed by atoms with Crippen LogP contribution in [0.4, 0.5) is 5.13 Å². The number of cyclic esters (lactones) is 1. The molecule has 1 aliphatic rings. The van der Waals surface area contributed by atoms with Gasteiger partial charge in [-0.05, 0) is 20.8 Å². The molecule has 1 fully saturated rings. The molecule has 8 heteroatoms. The summed E-state index contributed by atoms with van der Waals surface area (Å²) in [5, 5.41) is 2.93. The molecule has 0 aliphatic carbocycles. The van der Waals surface area contributed by atoms with Crippen molar-refractivity contribution in [2.24, 2.45) is 5.92 Å². The van der Waals surface area contributed by atoms with Gasteiger partial charge in [-0.2, -0.15) is 0 Å². The average Bonchev–Trinajstić information content (AvgIpc) is 2.87. The SMILES string of the molecule is COC(=O)c1nc(NC(=O)[C@@H]2CC(=O)OC2(C)C)sc1C. The van der Waals surface area contributed by atoms with Crippen LogP contribution in [0.5, 0.6) is 0 Å². The molecule has 1 aromatic rings. The van der Waals surface area contributed by atoms with Gasteiger partial charge in [0.2, 0.25) is 5.91 Å². The summed E-state index contributed by atoms with van der Waals surface area (Å²) in [6.45, 7) is 5.09. The third-order valence-corrected chi connectivity index (χ3v) is 4.20. The second-order valence-corrected chi connectivity index (χ2v) is 6.44. The minimum atomic E-state index is -0.849. The fourth-order valence-corrected chi connectivity index (χ4v) is 2.96. The Hall–Kier alpha value is -1.96. The van der Waals surface area contributed by atoms with Gasteiger partial charge in [0.25, 0.3) is 0 Å². The first-order valence-corrected chi connectivity index (χ1v) is 7.14. The Morgan fingerprint density at radius 2 is 2.14 bits per heavy atom. The number of aromatic nitrogens is 1. The van der Waals surface area contributed by atoms with Gasteiger partial charge in [-0.25, -0.2) is 9.78 Å². The van der Waals surface area contributed by atoms with Crippen molar-refractivity contribution >= 4 is 34.3 Å². The molecule has 1 aliphatic heterocycles. The number of aryl methyl sites for hydroxylation is 1. The van der Waals surface area contributed by atoms with Crippen LogP contribution in [0, 0.1) is 12.8 Å². The van der Waals surface area contributed by atoms with Gasteiger partial charge in [0.15, 0.2) is 10.8 Å². The highest BCUT2D eigenvalue weighted by molar-refractivity contribution is 7.16. The van der Waals surface area contributed by atoms with Crippen LogP contribution in [0.2, 0.25) is 0 Å². The molecule has 2 rings (SSSR count). The van der Waals surface area contributed by atoms with Crippen molar-refractivity contribution in [1.29, 1.82) is 0 Å². The van der Waals surface area contributed by atoms with E-state index in [1.807, 2.05) is 0 Å². The molecular formula is C13H16N2O5S. The Morgan fingerprint density at radius 1 is 1.48 bits per heavy atom. The van der Waals surface area contributed by atoms with E-state index in [2.05, 4.69) is 15.0 Å². The molecule has 0 radical (unpaired) electrons. The largest absolute Gasteiger partial charge is 0.464 e. The maximum Gasteiger partial charge on any atom is 0.357 e. The van der Waals surface area contributed by atoms with Crippen LogP contribution in [-0.2, 0) is 19.1 Å². The normalized spacial score (nSPS) is 20.0. The Morgan fingerprint density at radius 3 is 2.67 bits per heavy atom. The van der Waals surface area contributed by atoms with Crippen molar-refractivity contribution in [3.8, 4) is 0 Å². The summed E-state index contributed by atoms with van der Waals surface area (Å²) in [5.41, 5.74) is -0.672. The van der Waals surface area contributed by atoms with Gasteiger partial charge in [0.1, 0.15) is 5.60 Å². The van der Waals surface area contributed by atoms with Crippen LogP contribution in [0.1, 0.15) is 35.6 Å². The third kappa shape index (κ3) is 3.05. The molecule has 0 aromatic carbocycles.